The van der Waals surface area contributed by atoms with Gasteiger partial charge < -0.3 is 10.0 Å². The maximum atomic E-state index is 13.6. The predicted octanol–water partition coefficient (Wildman–Crippen LogP) is 2.59. The molecule has 5 nitrogen and oxygen atoms in total. The van der Waals surface area contributed by atoms with Crippen molar-refractivity contribution < 1.29 is 14.3 Å². The van der Waals surface area contributed by atoms with Crippen LogP contribution in [0, 0.1) is 12.7 Å². The Hall–Kier alpha value is -1.86. The summed E-state index contributed by atoms with van der Waals surface area (Å²) >= 11 is 1.31. The van der Waals surface area contributed by atoms with Gasteiger partial charge in [-0.25, -0.2) is 4.39 Å². The SMILES string of the molecule is Cc1cc(F)cc(/C=C2\SC(N3CCN4CCC[C@@H]4C3)=NC2=O)c1O. The van der Waals surface area contributed by atoms with Crippen LogP contribution in [0.4, 0.5) is 4.39 Å². The van der Waals surface area contributed by atoms with Crippen LogP contribution in [0.2, 0.25) is 0 Å². The topological polar surface area (TPSA) is 56.1 Å². The summed E-state index contributed by atoms with van der Waals surface area (Å²) in [6, 6.07) is 3.05. The van der Waals surface area contributed by atoms with E-state index in [2.05, 4.69) is 14.8 Å². The van der Waals surface area contributed by atoms with Crippen molar-refractivity contribution >= 4 is 28.9 Å². The number of aliphatic imine (C=N–C) groups is 1. The standard InChI is InChI=1S/C18H20FN3O2S/c1-11-7-13(19)8-12(16(11)23)9-15-17(24)20-18(25-15)22-6-5-21-4-2-3-14(21)10-22/h7-9,14,23H,2-6,10H2,1H3/b15-9-/t14-/m1/s1. The van der Waals surface area contributed by atoms with Gasteiger partial charge in [0, 0.05) is 31.2 Å². The van der Waals surface area contributed by atoms with Crippen LogP contribution in [0.5, 0.6) is 5.75 Å². The number of halogens is 1. The van der Waals surface area contributed by atoms with Crippen LogP contribution in [-0.2, 0) is 4.79 Å². The maximum absolute atomic E-state index is 13.6. The molecule has 1 aromatic carbocycles. The van der Waals surface area contributed by atoms with Gasteiger partial charge in [0.05, 0.1) is 4.91 Å². The van der Waals surface area contributed by atoms with Crippen molar-refractivity contribution in [3.05, 3.63) is 34.0 Å². The number of thioether (sulfide) groups is 1. The Morgan fingerprint density at radius 1 is 1.36 bits per heavy atom. The molecule has 1 atom stereocenters. The fourth-order valence-corrected chi connectivity index (χ4v) is 4.65. The Morgan fingerprint density at radius 2 is 2.20 bits per heavy atom. The number of carbonyl (C=O) groups excluding carboxylic acids is 1. The summed E-state index contributed by atoms with van der Waals surface area (Å²) in [6.45, 7) is 5.57. The van der Waals surface area contributed by atoms with E-state index in [9.17, 15) is 14.3 Å². The highest BCUT2D eigenvalue weighted by molar-refractivity contribution is 8.18. The molecular formula is C18H20FN3O2S. The number of benzene rings is 1. The Morgan fingerprint density at radius 3 is 3.04 bits per heavy atom. The van der Waals surface area contributed by atoms with Crippen LogP contribution in [0.15, 0.2) is 22.0 Å². The Bertz CT molecular complexity index is 793. The summed E-state index contributed by atoms with van der Waals surface area (Å²) in [7, 11) is 0. The molecule has 7 heteroatoms. The van der Waals surface area contributed by atoms with E-state index in [4.69, 9.17) is 0 Å². The van der Waals surface area contributed by atoms with Gasteiger partial charge in [0.2, 0.25) is 0 Å². The van der Waals surface area contributed by atoms with Crippen molar-refractivity contribution in [2.45, 2.75) is 25.8 Å². The van der Waals surface area contributed by atoms with E-state index >= 15 is 0 Å². The normalized spacial score (nSPS) is 25.6. The van der Waals surface area contributed by atoms with Crippen LogP contribution in [0.3, 0.4) is 0 Å². The molecule has 2 fully saturated rings. The lowest BCUT2D eigenvalue weighted by molar-refractivity contribution is -0.113. The van der Waals surface area contributed by atoms with E-state index in [1.54, 1.807) is 6.92 Å². The summed E-state index contributed by atoms with van der Waals surface area (Å²) < 4.78 is 13.6. The molecule has 132 valence electrons. The van der Waals surface area contributed by atoms with Crippen molar-refractivity contribution in [1.82, 2.24) is 9.80 Å². The summed E-state index contributed by atoms with van der Waals surface area (Å²) in [4.78, 5) is 21.5. The minimum Gasteiger partial charge on any atom is -0.507 e. The Kier molecular flexibility index (Phi) is 4.29. The summed E-state index contributed by atoms with van der Waals surface area (Å²) in [5, 5.41) is 10.8. The second-order valence-electron chi connectivity index (χ2n) is 6.75. The summed E-state index contributed by atoms with van der Waals surface area (Å²) in [6.07, 6.45) is 3.96. The Labute approximate surface area is 150 Å². The number of piperazine rings is 1. The highest BCUT2D eigenvalue weighted by Gasteiger charge is 2.34. The number of nitrogens with zero attached hydrogens (tertiary/aromatic N) is 3. The van der Waals surface area contributed by atoms with Crippen LogP contribution in [0.1, 0.15) is 24.0 Å². The molecule has 0 aromatic heterocycles. The number of hydrogen-bond acceptors (Lipinski definition) is 5. The zero-order chi connectivity index (χ0) is 17.6. The van der Waals surface area contributed by atoms with Gasteiger partial charge in [0.1, 0.15) is 11.6 Å². The van der Waals surface area contributed by atoms with Crippen molar-refractivity contribution in [2.24, 2.45) is 4.99 Å². The van der Waals surface area contributed by atoms with Crippen molar-refractivity contribution in [1.29, 1.82) is 0 Å². The molecule has 25 heavy (non-hydrogen) atoms. The second-order valence-corrected chi connectivity index (χ2v) is 7.76. The molecule has 0 spiro atoms. The smallest absolute Gasteiger partial charge is 0.286 e. The molecule has 3 aliphatic heterocycles. The third-order valence-corrected chi connectivity index (χ3v) is 6.09. The molecule has 3 aliphatic rings. The number of hydrogen-bond donors (Lipinski definition) is 1. The molecule has 0 unspecified atom stereocenters. The van der Waals surface area contributed by atoms with Gasteiger partial charge in [-0.1, -0.05) is 0 Å². The predicted molar refractivity (Wildman–Crippen MR) is 97.0 cm³/mol. The van der Waals surface area contributed by atoms with E-state index in [1.165, 1.54) is 49.4 Å². The average molecular weight is 361 g/mol. The number of rotatable bonds is 1. The molecule has 0 bridgehead atoms. The van der Waals surface area contributed by atoms with E-state index in [0.717, 1.165) is 24.8 Å². The lowest BCUT2D eigenvalue weighted by Crippen LogP contribution is -2.51. The molecule has 1 N–H and O–H groups in total. The molecule has 4 rings (SSSR count). The number of phenolic OH excluding ortho intramolecular Hbond substituents is 1. The zero-order valence-corrected chi connectivity index (χ0v) is 14.9. The van der Waals surface area contributed by atoms with Gasteiger partial charge in [-0.15, -0.1) is 0 Å². The first-order valence-corrected chi connectivity index (χ1v) is 9.33. The minimum atomic E-state index is -0.434. The molecular weight excluding hydrogens is 341 g/mol. The van der Waals surface area contributed by atoms with E-state index < -0.39 is 5.82 Å². The summed E-state index contributed by atoms with van der Waals surface area (Å²) in [5.74, 6) is -0.762. The maximum Gasteiger partial charge on any atom is 0.286 e. The molecule has 0 radical (unpaired) electrons. The van der Waals surface area contributed by atoms with Gasteiger partial charge in [0.15, 0.2) is 5.17 Å². The molecule has 0 saturated carbocycles. The lowest BCUT2D eigenvalue weighted by atomic mass is 10.1. The number of fused-ring (bicyclic) bond motifs is 1. The van der Waals surface area contributed by atoms with Crippen LogP contribution in [-0.4, -0.2) is 58.2 Å². The number of aryl methyl sites for hydroxylation is 1. The number of carbonyl (C=O) groups is 1. The summed E-state index contributed by atoms with van der Waals surface area (Å²) in [5.41, 5.74) is 0.756. The molecule has 1 aromatic rings. The van der Waals surface area contributed by atoms with Crippen LogP contribution >= 0.6 is 11.8 Å². The molecule has 2 saturated heterocycles. The second kappa shape index (κ2) is 6.46. The van der Waals surface area contributed by atoms with Gasteiger partial charge >= 0.3 is 0 Å². The highest BCUT2D eigenvalue weighted by atomic mass is 32.2. The van der Waals surface area contributed by atoms with Crippen molar-refractivity contribution in [3.8, 4) is 5.75 Å². The fraction of sp³-hybridized carbons (Fsp3) is 0.444. The van der Waals surface area contributed by atoms with E-state index in [1.807, 2.05) is 0 Å². The van der Waals surface area contributed by atoms with Crippen LogP contribution in [0.25, 0.3) is 6.08 Å². The van der Waals surface area contributed by atoms with Crippen molar-refractivity contribution in [2.75, 3.05) is 26.2 Å². The first-order valence-electron chi connectivity index (χ1n) is 8.52. The average Bonchev–Trinajstić information content (AvgIpc) is 3.18. The molecule has 3 heterocycles. The number of aromatic hydroxyl groups is 1. The van der Waals surface area contributed by atoms with Gasteiger partial charge in [-0.2, -0.15) is 4.99 Å². The van der Waals surface area contributed by atoms with Crippen molar-refractivity contribution in [3.63, 3.8) is 0 Å². The number of amides is 1. The Balaban J connectivity index is 1.53. The monoisotopic (exact) mass is 361 g/mol. The lowest BCUT2D eigenvalue weighted by Gasteiger charge is -2.38. The first kappa shape index (κ1) is 16.6. The van der Waals surface area contributed by atoms with Crippen LogP contribution < -0.4 is 0 Å². The fourth-order valence-electron chi connectivity index (χ4n) is 3.71. The number of amidine groups is 1. The quantitative estimate of drug-likeness (QED) is 0.779. The largest absolute Gasteiger partial charge is 0.507 e. The van der Waals surface area contributed by atoms with Gasteiger partial charge in [0.25, 0.3) is 5.91 Å². The minimum absolute atomic E-state index is 0.00433. The van der Waals surface area contributed by atoms with Gasteiger partial charge in [-0.05, 0) is 61.8 Å². The highest BCUT2D eigenvalue weighted by Crippen LogP contribution is 2.34. The molecule has 1 amide bonds. The van der Waals surface area contributed by atoms with E-state index in [0.29, 0.717) is 22.1 Å². The van der Waals surface area contributed by atoms with E-state index in [-0.39, 0.29) is 11.7 Å². The third kappa shape index (κ3) is 3.18. The zero-order valence-electron chi connectivity index (χ0n) is 14.0. The first-order chi connectivity index (χ1) is 12.0. The third-order valence-electron chi connectivity index (χ3n) is 5.05. The number of phenols is 1. The molecule has 0 aliphatic carbocycles. The van der Waals surface area contributed by atoms with Gasteiger partial charge in [-0.3, -0.25) is 9.69 Å².